The molecule has 0 radical (unpaired) electrons. The molecular weight excluding hydrogens is 382 g/mol. The van der Waals surface area contributed by atoms with E-state index in [0.717, 1.165) is 58.5 Å². The summed E-state index contributed by atoms with van der Waals surface area (Å²) in [5.41, 5.74) is 0.0802. The maximum atomic E-state index is 12.8. The Balaban J connectivity index is 1.57. The van der Waals surface area contributed by atoms with E-state index in [9.17, 15) is 14.7 Å². The van der Waals surface area contributed by atoms with E-state index >= 15 is 0 Å². The minimum atomic E-state index is -0.518. The van der Waals surface area contributed by atoms with Crippen molar-refractivity contribution < 1.29 is 19.4 Å². The largest absolute Gasteiger partial charge is 0.392 e. The van der Waals surface area contributed by atoms with Crippen molar-refractivity contribution in [3.8, 4) is 0 Å². The van der Waals surface area contributed by atoms with Gasteiger partial charge in [-0.2, -0.15) is 0 Å². The molecule has 3 aliphatic rings. The van der Waals surface area contributed by atoms with Gasteiger partial charge in [-0.15, -0.1) is 0 Å². The zero-order chi connectivity index (χ0) is 21.9. The third-order valence-electron chi connectivity index (χ3n) is 8.16. The summed E-state index contributed by atoms with van der Waals surface area (Å²) in [6.45, 7) is 12.8. The van der Waals surface area contributed by atoms with Crippen molar-refractivity contribution in [2.24, 2.45) is 29.1 Å². The van der Waals surface area contributed by atoms with Crippen LogP contribution in [-0.4, -0.2) is 73.4 Å². The monoisotopic (exact) mass is 423 g/mol. The van der Waals surface area contributed by atoms with E-state index in [-0.39, 0.29) is 46.9 Å². The van der Waals surface area contributed by atoms with Crippen molar-refractivity contribution in [1.82, 2.24) is 15.5 Å². The SMILES string of the molecule is CC(=O)N[C@H]1CC[C@]2(C)CC[C@H]([C@H](C)C(=O)NCCN3CCOCC3)[C@H](O)[C@H]2[C@@H]1C. The van der Waals surface area contributed by atoms with Gasteiger partial charge >= 0.3 is 0 Å². The quantitative estimate of drug-likeness (QED) is 0.601. The Kier molecular flexibility index (Phi) is 7.80. The third kappa shape index (κ3) is 5.17. The van der Waals surface area contributed by atoms with Crippen LogP contribution in [0, 0.1) is 29.1 Å². The van der Waals surface area contributed by atoms with Crippen molar-refractivity contribution in [3.63, 3.8) is 0 Å². The van der Waals surface area contributed by atoms with Gasteiger partial charge in [0.1, 0.15) is 0 Å². The molecule has 0 bridgehead atoms. The highest BCUT2D eigenvalue weighted by Crippen LogP contribution is 2.55. The number of carbonyl (C=O) groups is 2. The summed E-state index contributed by atoms with van der Waals surface area (Å²) < 4.78 is 5.37. The first kappa shape index (κ1) is 23.5. The number of aliphatic hydroxyl groups excluding tert-OH is 1. The van der Waals surface area contributed by atoms with Crippen LogP contribution < -0.4 is 10.6 Å². The Morgan fingerprint density at radius 1 is 1.23 bits per heavy atom. The molecule has 1 aliphatic heterocycles. The lowest BCUT2D eigenvalue weighted by molar-refractivity contribution is -0.143. The molecule has 0 unspecified atom stereocenters. The lowest BCUT2D eigenvalue weighted by atomic mass is 9.51. The van der Waals surface area contributed by atoms with E-state index in [4.69, 9.17) is 4.74 Å². The number of nitrogens with one attached hydrogen (secondary N) is 2. The molecule has 2 saturated carbocycles. The number of aliphatic hydroxyl groups is 1. The first-order chi connectivity index (χ1) is 14.2. The summed E-state index contributed by atoms with van der Waals surface area (Å²) >= 11 is 0. The second-order valence-corrected chi connectivity index (χ2v) is 10.1. The summed E-state index contributed by atoms with van der Waals surface area (Å²) in [5, 5.41) is 17.6. The third-order valence-corrected chi connectivity index (χ3v) is 8.16. The molecule has 172 valence electrons. The van der Waals surface area contributed by atoms with E-state index in [1.165, 1.54) is 0 Å². The van der Waals surface area contributed by atoms with Crippen molar-refractivity contribution >= 4 is 11.8 Å². The van der Waals surface area contributed by atoms with Gasteiger partial charge in [-0.25, -0.2) is 0 Å². The Labute approximate surface area is 181 Å². The maximum Gasteiger partial charge on any atom is 0.223 e. The summed E-state index contributed by atoms with van der Waals surface area (Å²) in [4.78, 5) is 26.8. The summed E-state index contributed by atoms with van der Waals surface area (Å²) in [6.07, 6.45) is 3.36. The van der Waals surface area contributed by atoms with E-state index in [1.54, 1.807) is 6.92 Å². The first-order valence-electron chi connectivity index (χ1n) is 11.8. The molecule has 0 spiro atoms. The Bertz CT molecular complexity index is 609. The molecule has 0 aromatic heterocycles. The zero-order valence-corrected chi connectivity index (χ0v) is 19.2. The average molecular weight is 424 g/mol. The molecule has 0 aromatic carbocycles. The zero-order valence-electron chi connectivity index (χ0n) is 19.2. The highest BCUT2D eigenvalue weighted by atomic mass is 16.5. The molecule has 30 heavy (non-hydrogen) atoms. The summed E-state index contributed by atoms with van der Waals surface area (Å²) in [5.74, 6) is 0.0724. The van der Waals surface area contributed by atoms with Gasteiger partial charge in [-0.1, -0.05) is 20.8 Å². The second-order valence-electron chi connectivity index (χ2n) is 10.1. The molecule has 3 N–H and O–H groups in total. The fourth-order valence-corrected chi connectivity index (χ4v) is 6.28. The van der Waals surface area contributed by atoms with E-state index in [0.29, 0.717) is 6.54 Å². The van der Waals surface area contributed by atoms with Gasteiger partial charge in [-0.05, 0) is 48.9 Å². The first-order valence-corrected chi connectivity index (χ1v) is 11.8. The summed E-state index contributed by atoms with van der Waals surface area (Å²) in [6, 6.07) is 0.103. The number of carbonyl (C=O) groups excluding carboxylic acids is 2. The van der Waals surface area contributed by atoms with Crippen LogP contribution in [0.3, 0.4) is 0 Å². The lowest BCUT2D eigenvalue weighted by Crippen LogP contribution is -2.58. The Morgan fingerprint density at radius 2 is 1.90 bits per heavy atom. The number of amides is 2. The minimum absolute atomic E-state index is 0.00897. The van der Waals surface area contributed by atoms with Gasteiger partial charge < -0.3 is 20.5 Å². The number of rotatable bonds is 6. The molecule has 1 saturated heterocycles. The van der Waals surface area contributed by atoms with Crippen LogP contribution in [0.15, 0.2) is 0 Å². The highest BCUT2D eigenvalue weighted by molar-refractivity contribution is 5.78. The minimum Gasteiger partial charge on any atom is -0.392 e. The van der Waals surface area contributed by atoms with Crippen molar-refractivity contribution in [3.05, 3.63) is 0 Å². The van der Waals surface area contributed by atoms with E-state index in [2.05, 4.69) is 29.4 Å². The number of ether oxygens (including phenoxy) is 1. The highest BCUT2D eigenvalue weighted by Gasteiger charge is 2.53. The maximum absolute atomic E-state index is 12.8. The van der Waals surface area contributed by atoms with Gasteiger partial charge in [-0.3, -0.25) is 14.5 Å². The number of hydrogen-bond donors (Lipinski definition) is 3. The van der Waals surface area contributed by atoms with Crippen LogP contribution in [0.25, 0.3) is 0 Å². The fraction of sp³-hybridized carbons (Fsp3) is 0.913. The number of nitrogens with zero attached hydrogens (tertiary/aromatic N) is 1. The normalized spacial score (nSPS) is 38.4. The number of hydrogen-bond acceptors (Lipinski definition) is 5. The predicted octanol–water partition coefficient (Wildman–Crippen LogP) is 1.40. The molecule has 3 fully saturated rings. The van der Waals surface area contributed by atoms with Crippen LogP contribution >= 0.6 is 0 Å². The molecule has 2 aliphatic carbocycles. The molecular formula is C23H41N3O4. The standard InChI is InChI=1S/C23H41N3O4/c1-15(22(29)24-9-10-26-11-13-30-14-12-26)18-5-7-23(4)8-6-19(25-17(3)27)16(2)20(23)21(18)28/h15-16,18-21,28H,5-14H2,1-4H3,(H,24,29)(H,25,27)/t15-,16+,18+,19-,20+,21-,23-/m0/s1. The van der Waals surface area contributed by atoms with Crippen molar-refractivity contribution in [2.45, 2.75) is 65.5 Å². The van der Waals surface area contributed by atoms with Gasteiger partial charge in [0, 0.05) is 45.1 Å². The average Bonchev–Trinajstić information content (AvgIpc) is 2.70. The lowest BCUT2D eigenvalue weighted by Gasteiger charge is -2.56. The second kappa shape index (κ2) is 9.96. The van der Waals surface area contributed by atoms with Crippen LogP contribution in [0.2, 0.25) is 0 Å². The molecule has 2 amide bonds. The van der Waals surface area contributed by atoms with Crippen LogP contribution in [0.4, 0.5) is 0 Å². The molecule has 3 rings (SSSR count). The smallest absolute Gasteiger partial charge is 0.223 e. The molecule has 7 nitrogen and oxygen atoms in total. The fourth-order valence-electron chi connectivity index (χ4n) is 6.28. The Morgan fingerprint density at radius 3 is 2.57 bits per heavy atom. The van der Waals surface area contributed by atoms with Crippen LogP contribution in [-0.2, 0) is 14.3 Å². The number of fused-ring (bicyclic) bond motifs is 1. The van der Waals surface area contributed by atoms with Gasteiger partial charge in [0.25, 0.3) is 0 Å². The van der Waals surface area contributed by atoms with Gasteiger partial charge in [0.15, 0.2) is 0 Å². The van der Waals surface area contributed by atoms with Gasteiger partial charge in [0.2, 0.25) is 11.8 Å². The predicted molar refractivity (Wildman–Crippen MR) is 116 cm³/mol. The van der Waals surface area contributed by atoms with Crippen molar-refractivity contribution in [2.75, 3.05) is 39.4 Å². The van der Waals surface area contributed by atoms with Crippen LogP contribution in [0.1, 0.15) is 53.4 Å². The molecule has 7 atom stereocenters. The number of morpholine rings is 1. The van der Waals surface area contributed by atoms with Crippen LogP contribution in [0.5, 0.6) is 0 Å². The Hall–Kier alpha value is -1.18. The molecule has 1 heterocycles. The van der Waals surface area contributed by atoms with E-state index < -0.39 is 6.10 Å². The molecule has 0 aromatic rings. The van der Waals surface area contributed by atoms with Gasteiger partial charge in [0.05, 0.1) is 19.3 Å². The van der Waals surface area contributed by atoms with Crippen molar-refractivity contribution in [1.29, 1.82) is 0 Å². The topological polar surface area (TPSA) is 90.9 Å². The summed E-state index contributed by atoms with van der Waals surface area (Å²) in [7, 11) is 0. The van der Waals surface area contributed by atoms with E-state index in [1.807, 2.05) is 6.92 Å². The molecule has 7 heteroatoms.